The monoisotopic (exact) mass is 240 g/mol. The maximum absolute atomic E-state index is 12.2. The van der Waals surface area contributed by atoms with Gasteiger partial charge in [0.05, 0.1) is 5.56 Å². The molecular weight excluding hydrogens is 232 g/mol. The number of fused-ring (bicyclic) bond motifs is 2. The van der Waals surface area contributed by atoms with Gasteiger partial charge in [0.25, 0.3) is 0 Å². The van der Waals surface area contributed by atoms with E-state index in [1.54, 1.807) is 0 Å². The summed E-state index contributed by atoms with van der Waals surface area (Å²) in [6.07, 6.45) is 0. The summed E-state index contributed by atoms with van der Waals surface area (Å²) in [5, 5.41) is 19.1. The van der Waals surface area contributed by atoms with Crippen LogP contribution in [0.15, 0.2) is 36.4 Å². The van der Waals surface area contributed by atoms with Crippen molar-refractivity contribution in [3.8, 4) is 11.5 Å². The first-order valence-corrected chi connectivity index (χ1v) is 5.34. The predicted molar refractivity (Wildman–Crippen MR) is 63.1 cm³/mol. The second-order valence-corrected chi connectivity index (χ2v) is 4.09. The Hall–Kier alpha value is -2.62. The molecule has 1 aliphatic rings. The Bertz CT molecular complexity index is 697. The number of hydrogen-bond acceptors (Lipinski definition) is 4. The van der Waals surface area contributed by atoms with Gasteiger partial charge in [0.2, 0.25) is 0 Å². The summed E-state index contributed by atoms with van der Waals surface area (Å²) in [5.74, 6) is -1.05. The van der Waals surface area contributed by atoms with E-state index in [-0.39, 0.29) is 39.5 Å². The molecule has 3 rings (SSSR count). The highest BCUT2D eigenvalue weighted by atomic mass is 16.3. The van der Waals surface area contributed by atoms with Crippen LogP contribution in [0.2, 0.25) is 0 Å². The first-order chi connectivity index (χ1) is 8.59. The number of ketones is 2. The Morgan fingerprint density at radius 2 is 1.56 bits per heavy atom. The van der Waals surface area contributed by atoms with Crippen molar-refractivity contribution < 1.29 is 19.8 Å². The lowest BCUT2D eigenvalue weighted by Gasteiger charge is -2.18. The van der Waals surface area contributed by atoms with Gasteiger partial charge in [-0.15, -0.1) is 0 Å². The second kappa shape index (κ2) is 3.43. The van der Waals surface area contributed by atoms with Crippen LogP contribution in [0.3, 0.4) is 0 Å². The molecule has 2 aromatic carbocycles. The molecule has 0 fully saturated rings. The van der Waals surface area contributed by atoms with E-state index in [0.717, 1.165) is 0 Å². The number of carbonyl (C=O) groups excluding carboxylic acids is 2. The number of phenols is 2. The standard InChI is InChI=1S/C14H8O4/c15-7-4-5-8-10(6-7)13(17)9-2-1-3-11(16)12(9)14(8)18/h1-6,15-16H. The van der Waals surface area contributed by atoms with E-state index < -0.39 is 5.78 Å². The minimum Gasteiger partial charge on any atom is -0.508 e. The van der Waals surface area contributed by atoms with E-state index in [4.69, 9.17) is 0 Å². The number of hydrogen-bond donors (Lipinski definition) is 2. The van der Waals surface area contributed by atoms with Gasteiger partial charge in [-0.3, -0.25) is 9.59 Å². The molecule has 0 atom stereocenters. The van der Waals surface area contributed by atoms with Gasteiger partial charge in [-0.25, -0.2) is 0 Å². The van der Waals surface area contributed by atoms with Crippen LogP contribution in [0.4, 0.5) is 0 Å². The van der Waals surface area contributed by atoms with Crippen molar-refractivity contribution in [2.45, 2.75) is 0 Å². The van der Waals surface area contributed by atoms with Crippen LogP contribution in [0.5, 0.6) is 11.5 Å². The number of phenolic OH excluding ortho intramolecular Hbond substituents is 2. The first-order valence-electron chi connectivity index (χ1n) is 5.34. The SMILES string of the molecule is O=C1c2cc(O)ccc2C(=O)c2c(O)cccc21. The van der Waals surface area contributed by atoms with Crippen LogP contribution < -0.4 is 0 Å². The van der Waals surface area contributed by atoms with E-state index in [1.807, 2.05) is 0 Å². The zero-order valence-corrected chi connectivity index (χ0v) is 9.18. The summed E-state index contributed by atoms with van der Waals surface area (Å²) in [7, 11) is 0. The molecule has 2 N–H and O–H groups in total. The van der Waals surface area contributed by atoms with Crippen molar-refractivity contribution >= 4 is 11.6 Å². The smallest absolute Gasteiger partial charge is 0.198 e. The fourth-order valence-corrected chi connectivity index (χ4v) is 2.17. The summed E-state index contributed by atoms with van der Waals surface area (Å²) in [4.78, 5) is 24.4. The van der Waals surface area contributed by atoms with Crippen molar-refractivity contribution in [1.29, 1.82) is 0 Å². The third-order valence-corrected chi connectivity index (χ3v) is 3.01. The maximum Gasteiger partial charge on any atom is 0.198 e. The molecule has 0 spiro atoms. The second-order valence-electron chi connectivity index (χ2n) is 4.09. The summed E-state index contributed by atoms with van der Waals surface area (Å²) in [6.45, 7) is 0. The van der Waals surface area contributed by atoms with Crippen LogP contribution in [0.1, 0.15) is 31.8 Å². The Kier molecular flexibility index (Phi) is 2.01. The molecule has 0 saturated carbocycles. The zero-order chi connectivity index (χ0) is 12.9. The molecule has 4 heteroatoms. The minimum atomic E-state index is -0.405. The largest absolute Gasteiger partial charge is 0.508 e. The van der Waals surface area contributed by atoms with Gasteiger partial charge >= 0.3 is 0 Å². The Labute approximate surface area is 102 Å². The third kappa shape index (κ3) is 1.26. The third-order valence-electron chi connectivity index (χ3n) is 3.01. The summed E-state index contributed by atoms with van der Waals surface area (Å²) in [5.41, 5.74) is 0.559. The van der Waals surface area contributed by atoms with Crippen molar-refractivity contribution in [1.82, 2.24) is 0 Å². The molecule has 18 heavy (non-hydrogen) atoms. The van der Waals surface area contributed by atoms with E-state index in [2.05, 4.69) is 0 Å². The lowest BCUT2D eigenvalue weighted by atomic mass is 9.83. The van der Waals surface area contributed by atoms with Gasteiger partial charge in [0, 0.05) is 16.7 Å². The van der Waals surface area contributed by atoms with Crippen molar-refractivity contribution in [2.24, 2.45) is 0 Å². The van der Waals surface area contributed by atoms with E-state index in [1.165, 1.54) is 36.4 Å². The molecule has 0 radical (unpaired) electrons. The van der Waals surface area contributed by atoms with E-state index in [9.17, 15) is 19.8 Å². The quantitative estimate of drug-likeness (QED) is 0.629. The highest BCUT2D eigenvalue weighted by Gasteiger charge is 2.31. The van der Waals surface area contributed by atoms with Crippen LogP contribution in [-0.4, -0.2) is 21.8 Å². The van der Waals surface area contributed by atoms with Gasteiger partial charge < -0.3 is 10.2 Å². The van der Waals surface area contributed by atoms with Crippen LogP contribution >= 0.6 is 0 Å². The molecule has 4 nitrogen and oxygen atoms in total. The molecule has 0 aliphatic heterocycles. The average molecular weight is 240 g/mol. The molecule has 88 valence electrons. The predicted octanol–water partition coefficient (Wildman–Crippen LogP) is 1.87. The van der Waals surface area contributed by atoms with Gasteiger partial charge in [-0.05, 0) is 24.3 Å². The fraction of sp³-hybridized carbons (Fsp3) is 0. The fourth-order valence-electron chi connectivity index (χ4n) is 2.17. The minimum absolute atomic E-state index is 0.0284. The molecule has 0 unspecified atom stereocenters. The average Bonchev–Trinajstić information content (AvgIpc) is 2.35. The van der Waals surface area contributed by atoms with E-state index >= 15 is 0 Å². The maximum atomic E-state index is 12.2. The molecule has 0 aromatic heterocycles. The Morgan fingerprint density at radius 3 is 2.33 bits per heavy atom. The molecular formula is C14H8O4. The molecule has 2 aromatic rings. The van der Waals surface area contributed by atoms with E-state index in [0.29, 0.717) is 0 Å². The number of carbonyl (C=O) groups is 2. The molecule has 0 heterocycles. The topological polar surface area (TPSA) is 74.6 Å². The van der Waals surface area contributed by atoms with Gasteiger partial charge in [-0.1, -0.05) is 12.1 Å². The van der Waals surface area contributed by atoms with Crippen molar-refractivity contribution in [2.75, 3.05) is 0 Å². The Balaban J connectivity index is 2.35. The zero-order valence-electron chi connectivity index (χ0n) is 9.18. The van der Waals surface area contributed by atoms with Crippen LogP contribution in [0, 0.1) is 0 Å². The molecule has 0 saturated heterocycles. The summed E-state index contributed by atoms with van der Waals surface area (Å²) < 4.78 is 0. The van der Waals surface area contributed by atoms with Crippen LogP contribution in [-0.2, 0) is 0 Å². The Morgan fingerprint density at radius 1 is 0.778 bits per heavy atom. The number of rotatable bonds is 0. The summed E-state index contributed by atoms with van der Waals surface area (Å²) >= 11 is 0. The molecule has 1 aliphatic carbocycles. The lowest BCUT2D eigenvalue weighted by Crippen LogP contribution is -2.20. The number of aromatic hydroxyl groups is 2. The lowest BCUT2D eigenvalue weighted by molar-refractivity contribution is 0.0976. The highest BCUT2D eigenvalue weighted by molar-refractivity contribution is 6.29. The molecule has 0 amide bonds. The van der Waals surface area contributed by atoms with Crippen molar-refractivity contribution in [3.63, 3.8) is 0 Å². The normalized spacial score (nSPS) is 13.1. The molecule has 0 bridgehead atoms. The van der Waals surface area contributed by atoms with Gasteiger partial charge in [0.15, 0.2) is 11.6 Å². The van der Waals surface area contributed by atoms with Gasteiger partial charge in [-0.2, -0.15) is 0 Å². The highest BCUT2D eigenvalue weighted by Crippen LogP contribution is 2.33. The first kappa shape index (κ1) is 10.5. The number of benzene rings is 2. The van der Waals surface area contributed by atoms with Crippen LogP contribution in [0.25, 0.3) is 0 Å². The van der Waals surface area contributed by atoms with Gasteiger partial charge in [0.1, 0.15) is 11.5 Å². The van der Waals surface area contributed by atoms with Crippen molar-refractivity contribution in [3.05, 3.63) is 58.7 Å². The summed E-state index contributed by atoms with van der Waals surface area (Å²) in [6, 6.07) is 8.36.